The first-order valence-electron chi connectivity index (χ1n) is 9.95. The van der Waals surface area contributed by atoms with E-state index in [2.05, 4.69) is 5.32 Å². The number of nitrogens with zero attached hydrogens (tertiary/aromatic N) is 1. The number of alkyl halides is 3. The fourth-order valence-electron chi connectivity index (χ4n) is 3.43. The average molecular weight is 491 g/mol. The fourth-order valence-corrected chi connectivity index (χ4v) is 4.75. The maximum absolute atomic E-state index is 12.7. The van der Waals surface area contributed by atoms with Gasteiger partial charge in [-0.15, -0.1) is 11.8 Å². The van der Waals surface area contributed by atoms with Gasteiger partial charge in [-0.2, -0.15) is 13.2 Å². The quantitative estimate of drug-likeness (QED) is 0.451. The van der Waals surface area contributed by atoms with Crippen molar-refractivity contribution >= 4 is 40.9 Å². The Kier molecular flexibility index (Phi) is 6.67. The predicted octanol–water partition coefficient (Wildman–Crippen LogP) is 6.39. The van der Waals surface area contributed by atoms with E-state index in [1.165, 1.54) is 23.9 Å². The third-order valence-corrected chi connectivity index (χ3v) is 6.67. The average Bonchev–Trinajstić information content (AvgIpc) is 3.15. The first-order chi connectivity index (χ1) is 15.7. The number of halogens is 4. The van der Waals surface area contributed by atoms with Crippen LogP contribution in [0.25, 0.3) is 0 Å². The molecule has 0 saturated carbocycles. The van der Waals surface area contributed by atoms with Crippen LogP contribution >= 0.6 is 23.4 Å². The minimum atomic E-state index is -4.43. The second kappa shape index (κ2) is 9.49. The molecular formula is C24H18ClF3N2O2S. The Morgan fingerprint density at radius 2 is 1.64 bits per heavy atom. The van der Waals surface area contributed by atoms with Gasteiger partial charge >= 0.3 is 6.18 Å². The summed E-state index contributed by atoms with van der Waals surface area (Å²) >= 11 is 7.45. The molecule has 0 unspecified atom stereocenters. The summed E-state index contributed by atoms with van der Waals surface area (Å²) in [6.07, 6.45) is -4.43. The number of benzene rings is 3. The van der Waals surface area contributed by atoms with Crippen LogP contribution in [0.15, 0.2) is 72.8 Å². The highest BCUT2D eigenvalue weighted by Crippen LogP contribution is 2.39. The van der Waals surface area contributed by atoms with Gasteiger partial charge in [-0.25, -0.2) is 0 Å². The van der Waals surface area contributed by atoms with Crippen molar-refractivity contribution in [1.82, 2.24) is 4.90 Å². The standard InChI is InChI=1S/C24H18ClF3N2O2S/c25-19-9-1-15(2-10-19)13-30-21(31)14-33-23(30)17-5-3-16(4-6-17)22(32)29-20-11-7-18(8-12-20)24(26,27)28/h1-12,23H,13-14H2,(H,29,32)/t23-/m1/s1. The van der Waals surface area contributed by atoms with Crippen LogP contribution in [0.1, 0.15) is 32.4 Å². The second-order valence-electron chi connectivity index (χ2n) is 7.46. The lowest BCUT2D eigenvalue weighted by molar-refractivity contribution is -0.137. The molecule has 1 saturated heterocycles. The summed E-state index contributed by atoms with van der Waals surface area (Å²) in [5.41, 5.74) is 1.69. The topological polar surface area (TPSA) is 49.4 Å². The van der Waals surface area contributed by atoms with Crippen molar-refractivity contribution < 1.29 is 22.8 Å². The highest BCUT2D eigenvalue weighted by atomic mass is 35.5. The minimum absolute atomic E-state index is 0.0315. The maximum atomic E-state index is 12.7. The molecule has 1 atom stereocenters. The smallest absolute Gasteiger partial charge is 0.322 e. The zero-order valence-corrected chi connectivity index (χ0v) is 18.7. The number of hydrogen-bond acceptors (Lipinski definition) is 3. The van der Waals surface area contributed by atoms with E-state index in [0.29, 0.717) is 22.9 Å². The number of hydrogen-bond donors (Lipinski definition) is 1. The molecule has 1 heterocycles. The lowest BCUT2D eigenvalue weighted by Gasteiger charge is -2.24. The summed E-state index contributed by atoms with van der Waals surface area (Å²) in [5, 5.41) is 3.04. The van der Waals surface area contributed by atoms with Crippen LogP contribution in [-0.2, 0) is 17.5 Å². The lowest BCUT2D eigenvalue weighted by atomic mass is 10.1. The summed E-state index contributed by atoms with van der Waals surface area (Å²) in [4.78, 5) is 26.7. The van der Waals surface area contributed by atoms with Crippen LogP contribution < -0.4 is 5.32 Å². The van der Waals surface area contributed by atoms with Crippen molar-refractivity contribution in [3.05, 3.63) is 100 Å². The second-order valence-corrected chi connectivity index (χ2v) is 8.97. The molecule has 0 aromatic heterocycles. The Bertz CT molecular complexity index is 1150. The minimum Gasteiger partial charge on any atom is -0.322 e. The molecule has 0 spiro atoms. The van der Waals surface area contributed by atoms with E-state index in [1.807, 2.05) is 12.1 Å². The van der Waals surface area contributed by atoms with E-state index in [4.69, 9.17) is 11.6 Å². The third-order valence-electron chi connectivity index (χ3n) is 5.16. The zero-order valence-electron chi connectivity index (χ0n) is 17.1. The molecule has 9 heteroatoms. The van der Waals surface area contributed by atoms with Crippen molar-refractivity contribution in [2.75, 3.05) is 11.1 Å². The molecule has 3 aromatic rings. The molecule has 0 bridgehead atoms. The summed E-state index contributed by atoms with van der Waals surface area (Å²) in [7, 11) is 0. The van der Waals surface area contributed by atoms with E-state index >= 15 is 0 Å². The summed E-state index contributed by atoms with van der Waals surface area (Å²) in [6, 6.07) is 18.4. The summed E-state index contributed by atoms with van der Waals surface area (Å²) in [6.45, 7) is 0.448. The van der Waals surface area contributed by atoms with Crippen molar-refractivity contribution in [3.8, 4) is 0 Å². The van der Waals surface area contributed by atoms with Crippen molar-refractivity contribution in [1.29, 1.82) is 0 Å². The Balaban J connectivity index is 1.44. The van der Waals surface area contributed by atoms with E-state index in [-0.39, 0.29) is 17.0 Å². The SMILES string of the molecule is O=C(Nc1ccc(C(F)(F)F)cc1)c1ccc([C@H]2SCC(=O)N2Cc2ccc(Cl)cc2)cc1. The van der Waals surface area contributed by atoms with Gasteiger partial charge in [0.15, 0.2) is 0 Å². The highest BCUT2D eigenvalue weighted by molar-refractivity contribution is 8.00. The number of rotatable bonds is 5. The van der Waals surface area contributed by atoms with Gasteiger partial charge in [0.25, 0.3) is 5.91 Å². The van der Waals surface area contributed by atoms with Crippen molar-refractivity contribution in [3.63, 3.8) is 0 Å². The molecule has 1 N–H and O–H groups in total. The molecule has 1 aliphatic heterocycles. The van der Waals surface area contributed by atoms with Gasteiger partial charge < -0.3 is 10.2 Å². The molecule has 2 amide bonds. The number of nitrogens with one attached hydrogen (secondary N) is 1. The zero-order chi connectivity index (χ0) is 23.6. The molecular weight excluding hydrogens is 473 g/mol. The Morgan fingerprint density at radius 3 is 2.24 bits per heavy atom. The van der Waals surface area contributed by atoms with Crippen molar-refractivity contribution in [2.45, 2.75) is 18.1 Å². The van der Waals surface area contributed by atoms with E-state index in [9.17, 15) is 22.8 Å². The van der Waals surface area contributed by atoms with Gasteiger partial charge in [0, 0.05) is 22.8 Å². The number of thioether (sulfide) groups is 1. The predicted molar refractivity (Wildman–Crippen MR) is 123 cm³/mol. The van der Waals surface area contributed by atoms with Crippen LogP contribution in [0, 0.1) is 0 Å². The molecule has 170 valence electrons. The van der Waals surface area contributed by atoms with Gasteiger partial charge in [-0.1, -0.05) is 35.9 Å². The van der Waals surface area contributed by atoms with Gasteiger partial charge in [0.1, 0.15) is 5.37 Å². The number of carbonyl (C=O) groups excluding carboxylic acids is 2. The molecule has 33 heavy (non-hydrogen) atoms. The van der Waals surface area contributed by atoms with Gasteiger partial charge in [0.05, 0.1) is 11.3 Å². The van der Waals surface area contributed by atoms with E-state index in [0.717, 1.165) is 23.3 Å². The molecule has 0 aliphatic carbocycles. The first kappa shape index (κ1) is 23.2. The molecule has 1 aliphatic rings. The monoisotopic (exact) mass is 490 g/mol. The Morgan fingerprint density at radius 1 is 1.00 bits per heavy atom. The van der Waals surface area contributed by atoms with Crippen LogP contribution in [-0.4, -0.2) is 22.5 Å². The maximum Gasteiger partial charge on any atom is 0.416 e. The molecule has 1 fully saturated rings. The van der Waals surface area contributed by atoms with Crippen molar-refractivity contribution in [2.24, 2.45) is 0 Å². The third kappa shape index (κ3) is 5.51. The van der Waals surface area contributed by atoms with Crippen LogP contribution in [0.3, 0.4) is 0 Å². The van der Waals surface area contributed by atoms with Gasteiger partial charge in [-0.3, -0.25) is 9.59 Å². The number of carbonyl (C=O) groups is 2. The molecule has 4 nitrogen and oxygen atoms in total. The lowest BCUT2D eigenvalue weighted by Crippen LogP contribution is -2.27. The van der Waals surface area contributed by atoms with Gasteiger partial charge in [0.2, 0.25) is 5.91 Å². The Hall–Kier alpha value is -2.97. The number of amides is 2. The van der Waals surface area contributed by atoms with Crippen LogP contribution in [0.5, 0.6) is 0 Å². The Labute approximate surface area is 197 Å². The van der Waals surface area contributed by atoms with E-state index in [1.54, 1.807) is 41.3 Å². The van der Waals surface area contributed by atoms with Gasteiger partial charge in [-0.05, 0) is 59.7 Å². The van der Waals surface area contributed by atoms with Crippen LogP contribution in [0.2, 0.25) is 5.02 Å². The molecule has 4 rings (SSSR count). The largest absolute Gasteiger partial charge is 0.416 e. The van der Waals surface area contributed by atoms with Crippen LogP contribution in [0.4, 0.5) is 18.9 Å². The number of anilines is 1. The summed E-state index contributed by atoms with van der Waals surface area (Å²) < 4.78 is 38.1. The molecule has 0 radical (unpaired) electrons. The van der Waals surface area contributed by atoms with E-state index < -0.39 is 17.6 Å². The first-order valence-corrected chi connectivity index (χ1v) is 11.4. The molecule has 3 aromatic carbocycles. The normalized spacial score (nSPS) is 16.2. The summed E-state index contributed by atoms with van der Waals surface area (Å²) in [5.74, 6) is -0.0347. The fraction of sp³-hybridized carbons (Fsp3) is 0.167. The highest BCUT2D eigenvalue weighted by Gasteiger charge is 2.33.